The first-order chi connectivity index (χ1) is 8.97. The van der Waals surface area contributed by atoms with Crippen molar-refractivity contribution in [3.63, 3.8) is 0 Å². The summed E-state index contributed by atoms with van der Waals surface area (Å²) in [4.78, 5) is 14.3. The minimum Gasteiger partial charge on any atom is -0.372 e. The van der Waals surface area contributed by atoms with Gasteiger partial charge in [0.2, 0.25) is 0 Å². The van der Waals surface area contributed by atoms with E-state index in [-0.39, 0.29) is 12.2 Å². The molecule has 0 saturated carbocycles. The molecule has 9 heteroatoms. The van der Waals surface area contributed by atoms with Gasteiger partial charge in [0.15, 0.2) is 10.3 Å². The summed E-state index contributed by atoms with van der Waals surface area (Å²) in [5, 5.41) is 13.3. The molecular formula is C10H6ClF2N3O2S. The minimum absolute atomic E-state index is 0.105. The van der Waals surface area contributed by atoms with E-state index in [0.29, 0.717) is 21.5 Å². The van der Waals surface area contributed by atoms with E-state index in [9.17, 15) is 18.9 Å². The lowest BCUT2D eigenvalue weighted by Crippen LogP contribution is -2.04. The van der Waals surface area contributed by atoms with Crippen LogP contribution >= 0.6 is 22.9 Å². The molecule has 0 aliphatic heterocycles. The van der Waals surface area contributed by atoms with Crippen LogP contribution in [0.3, 0.4) is 0 Å². The first-order valence-corrected chi connectivity index (χ1v) is 6.14. The van der Waals surface area contributed by atoms with Crippen LogP contribution in [0.25, 0.3) is 0 Å². The van der Waals surface area contributed by atoms with Crippen LogP contribution in [0.2, 0.25) is 4.47 Å². The Labute approximate surface area is 115 Å². The Bertz CT molecular complexity index is 635. The fourth-order valence-electron chi connectivity index (χ4n) is 1.42. The van der Waals surface area contributed by atoms with Gasteiger partial charge in [-0.2, -0.15) is 0 Å². The highest BCUT2D eigenvalue weighted by Gasteiger charge is 2.20. The first kappa shape index (κ1) is 13.6. The number of nitro groups is 1. The van der Waals surface area contributed by atoms with E-state index in [4.69, 9.17) is 11.6 Å². The molecular weight excluding hydrogens is 300 g/mol. The molecule has 0 spiro atoms. The third-order valence-corrected chi connectivity index (χ3v) is 3.31. The number of thiazole rings is 1. The molecule has 100 valence electrons. The molecule has 1 aromatic carbocycles. The number of hydrogen-bond donors (Lipinski definition) is 1. The van der Waals surface area contributed by atoms with E-state index in [1.54, 1.807) is 0 Å². The summed E-state index contributed by atoms with van der Waals surface area (Å²) in [6.07, 6.45) is 1.47. The summed E-state index contributed by atoms with van der Waals surface area (Å²) in [7, 11) is 0. The van der Waals surface area contributed by atoms with Gasteiger partial charge < -0.3 is 5.32 Å². The van der Waals surface area contributed by atoms with E-state index < -0.39 is 22.2 Å². The topological polar surface area (TPSA) is 68.1 Å². The maximum atomic E-state index is 13.5. The van der Waals surface area contributed by atoms with E-state index in [1.165, 1.54) is 6.20 Å². The van der Waals surface area contributed by atoms with Crippen molar-refractivity contribution in [2.45, 2.75) is 6.54 Å². The third-order valence-electron chi connectivity index (χ3n) is 2.20. The molecule has 0 atom stereocenters. The van der Waals surface area contributed by atoms with E-state index >= 15 is 0 Å². The second kappa shape index (κ2) is 5.45. The molecule has 5 nitrogen and oxygen atoms in total. The van der Waals surface area contributed by atoms with Crippen LogP contribution in [0.4, 0.5) is 20.2 Å². The smallest absolute Gasteiger partial charge is 0.298 e. The van der Waals surface area contributed by atoms with Crippen molar-refractivity contribution in [3.8, 4) is 0 Å². The van der Waals surface area contributed by atoms with Crippen LogP contribution < -0.4 is 5.32 Å². The van der Waals surface area contributed by atoms with Gasteiger partial charge in [0.1, 0.15) is 11.5 Å². The Morgan fingerprint density at radius 3 is 2.79 bits per heavy atom. The molecule has 0 fully saturated rings. The lowest BCUT2D eigenvalue weighted by molar-refractivity contribution is -0.384. The zero-order valence-corrected chi connectivity index (χ0v) is 10.8. The summed E-state index contributed by atoms with van der Waals surface area (Å²) in [6.45, 7) is 0.105. The largest absolute Gasteiger partial charge is 0.372 e. The van der Waals surface area contributed by atoms with Gasteiger partial charge in [0.05, 0.1) is 17.5 Å². The molecule has 1 heterocycles. The van der Waals surface area contributed by atoms with Crippen LogP contribution in [0.15, 0.2) is 18.3 Å². The monoisotopic (exact) mass is 305 g/mol. The van der Waals surface area contributed by atoms with Crippen molar-refractivity contribution in [2.75, 3.05) is 5.32 Å². The number of hydrogen-bond acceptors (Lipinski definition) is 5. The second-order valence-electron chi connectivity index (χ2n) is 3.47. The standard InChI is InChI=1S/C10H6ClF2N3O2S/c11-10-15-4-6(19-10)3-14-9-7(13)1-5(12)2-8(9)16(17)18/h1-2,4,14H,3H2. The van der Waals surface area contributed by atoms with Crippen LogP contribution in [0.5, 0.6) is 0 Å². The van der Waals surface area contributed by atoms with Crippen molar-refractivity contribution in [2.24, 2.45) is 0 Å². The number of aromatic nitrogens is 1. The zero-order valence-electron chi connectivity index (χ0n) is 9.19. The summed E-state index contributed by atoms with van der Waals surface area (Å²) < 4.78 is 26.8. The predicted molar refractivity (Wildman–Crippen MR) is 67.5 cm³/mol. The zero-order chi connectivity index (χ0) is 14.0. The van der Waals surface area contributed by atoms with Crippen molar-refractivity contribution in [1.29, 1.82) is 0 Å². The van der Waals surface area contributed by atoms with Crippen LogP contribution in [0, 0.1) is 21.7 Å². The number of rotatable bonds is 4. The molecule has 0 amide bonds. The molecule has 1 aromatic heterocycles. The Morgan fingerprint density at radius 1 is 1.47 bits per heavy atom. The summed E-state index contributed by atoms with van der Waals surface area (Å²) in [5.74, 6) is -2.03. The maximum Gasteiger partial charge on any atom is 0.298 e. The quantitative estimate of drug-likeness (QED) is 0.692. The highest BCUT2D eigenvalue weighted by Crippen LogP contribution is 2.29. The van der Waals surface area contributed by atoms with Crippen LogP contribution in [-0.4, -0.2) is 9.91 Å². The molecule has 2 aromatic rings. The van der Waals surface area contributed by atoms with E-state index in [2.05, 4.69) is 10.3 Å². The molecule has 19 heavy (non-hydrogen) atoms. The van der Waals surface area contributed by atoms with Crippen LogP contribution in [-0.2, 0) is 6.54 Å². The van der Waals surface area contributed by atoms with Crippen molar-refractivity contribution in [3.05, 3.63) is 49.4 Å². The molecule has 0 saturated heterocycles. The average Bonchev–Trinajstić information content (AvgIpc) is 2.73. The summed E-state index contributed by atoms with van der Waals surface area (Å²) in [6, 6.07) is 1.24. The highest BCUT2D eigenvalue weighted by molar-refractivity contribution is 7.15. The van der Waals surface area contributed by atoms with Gasteiger partial charge in [-0.25, -0.2) is 13.8 Å². The number of nitrogens with zero attached hydrogens (tertiary/aromatic N) is 2. The lowest BCUT2D eigenvalue weighted by atomic mass is 10.2. The number of anilines is 1. The highest BCUT2D eigenvalue weighted by atomic mass is 35.5. The van der Waals surface area contributed by atoms with Gasteiger partial charge in [-0.1, -0.05) is 11.6 Å². The number of benzene rings is 1. The lowest BCUT2D eigenvalue weighted by Gasteiger charge is -2.06. The van der Waals surface area contributed by atoms with Gasteiger partial charge in [0.25, 0.3) is 5.69 Å². The fraction of sp³-hybridized carbons (Fsp3) is 0.100. The van der Waals surface area contributed by atoms with Gasteiger partial charge in [-0.3, -0.25) is 10.1 Å². The Morgan fingerprint density at radius 2 is 2.21 bits per heavy atom. The number of nitrogens with one attached hydrogen (secondary N) is 1. The third kappa shape index (κ3) is 3.15. The molecule has 0 radical (unpaired) electrons. The van der Waals surface area contributed by atoms with Gasteiger partial charge in [-0.05, 0) is 0 Å². The Kier molecular flexibility index (Phi) is 3.91. The maximum absolute atomic E-state index is 13.5. The average molecular weight is 306 g/mol. The Hall–Kier alpha value is -1.80. The normalized spacial score (nSPS) is 10.5. The van der Waals surface area contributed by atoms with E-state index in [1.807, 2.05) is 0 Å². The summed E-state index contributed by atoms with van der Waals surface area (Å²) >= 11 is 6.78. The first-order valence-electron chi connectivity index (χ1n) is 4.95. The Balaban J connectivity index is 2.26. The van der Waals surface area contributed by atoms with Crippen molar-refractivity contribution < 1.29 is 13.7 Å². The van der Waals surface area contributed by atoms with Gasteiger partial charge >= 0.3 is 0 Å². The minimum atomic E-state index is -1.03. The van der Waals surface area contributed by atoms with E-state index in [0.717, 1.165) is 11.3 Å². The molecule has 0 bridgehead atoms. The van der Waals surface area contributed by atoms with Gasteiger partial charge in [-0.15, -0.1) is 11.3 Å². The molecule has 0 unspecified atom stereocenters. The predicted octanol–water partition coefficient (Wildman–Crippen LogP) is 3.59. The summed E-state index contributed by atoms with van der Waals surface area (Å²) in [5.41, 5.74) is -1.02. The number of nitro benzene ring substituents is 1. The molecule has 0 aliphatic rings. The SMILES string of the molecule is O=[N+]([O-])c1cc(F)cc(F)c1NCc1cnc(Cl)s1. The molecule has 1 N–H and O–H groups in total. The molecule has 2 rings (SSSR count). The van der Waals surface area contributed by atoms with Crippen LogP contribution in [0.1, 0.15) is 4.88 Å². The van der Waals surface area contributed by atoms with Crippen molar-refractivity contribution >= 4 is 34.3 Å². The molecule has 0 aliphatic carbocycles. The van der Waals surface area contributed by atoms with Crippen molar-refractivity contribution in [1.82, 2.24) is 4.98 Å². The number of halogens is 3. The fourth-order valence-corrected chi connectivity index (χ4v) is 2.34. The second-order valence-corrected chi connectivity index (χ2v) is 5.17. The van der Waals surface area contributed by atoms with Gasteiger partial charge in [0, 0.05) is 17.1 Å².